The van der Waals surface area contributed by atoms with Crippen LogP contribution in [0.25, 0.3) is 0 Å². The van der Waals surface area contributed by atoms with Crippen molar-refractivity contribution in [1.29, 1.82) is 0 Å². The summed E-state index contributed by atoms with van der Waals surface area (Å²) in [6.45, 7) is 5.23. The molecular weight excluding hydrogens is 462 g/mol. The number of fused-ring (bicyclic) bond motifs is 2. The fraction of sp³-hybridized carbons (Fsp3) is 0.192. The number of para-hydroxylation sites is 2. The Kier molecular flexibility index (Phi) is 6.34. The Morgan fingerprint density at radius 2 is 1.59 bits per heavy atom. The molecule has 1 amide bonds. The van der Waals surface area contributed by atoms with Gasteiger partial charge < -0.3 is 9.88 Å². The number of carbonyl (C=O) groups excluding carboxylic acids is 1. The number of benzene rings is 3. The second-order valence-electron chi connectivity index (χ2n) is 8.05. The zero-order valence-corrected chi connectivity index (χ0v) is 20.7. The maximum Gasteiger partial charge on any atom is 0.252 e. The van der Waals surface area contributed by atoms with E-state index >= 15 is 0 Å². The van der Waals surface area contributed by atoms with Crippen LogP contribution in [0.15, 0.2) is 82.6 Å². The molecule has 0 bridgehead atoms. The molecule has 34 heavy (non-hydrogen) atoms. The van der Waals surface area contributed by atoms with Gasteiger partial charge >= 0.3 is 0 Å². The molecule has 1 unspecified atom stereocenters. The normalized spacial score (nSPS) is 13.2. The predicted molar refractivity (Wildman–Crippen MR) is 140 cm³/mol. The Morgan fingerprint density at radius 3 is 2.21 bits per heavy atom. The summed E-state index contributed by atoms with van der Waals surface area (Å²) >= 11 is 6.42. The first-order chi connectivity index (χ1) is 16.6. The van der Waals surface area contributed by atoms with Gasteiger partial charge in [0, 0.05) is 22.0 Å². The number of anilines is 3. The van der Waals surface area contributed by atoms with Crippen LogP contribution in [0, 0.1) is 6.92 Å². The van der Waals surface area contributed by atoms with Crippen LogP contribution in [0.5, 0.6) is 0 Å². The molecule has 172 valence electrons. The lowest BCUT2D eigenvalue weighted by molar-refractivity contribution is -0.117. The number of thiol groups is 1. The van der Waals surface area contributed by atoms with Crippen LogP contribution in [-0.2, 0) is 17.9 Å². The maximum atomic E-state index is 13.9. The van der Waals surface area contributed by atoms with Crippen molar-refractivity contribution in [1.82, 2.24) is 14.8 Å². The van der Waals surface area contributed by atoms with Crippen molar-refractivity contribution in [3.8, 4) is 0 Å². The molecule has 4 aromatic rings. The molecule has 5 rings (SSSR count). The van der Waals surface area contributed by atoms with Crippen molar-refractivity contribution in [3.05, 3.63) is 90.0 Å². The highest BCUT2D eigenvalue weighted by molar-refractivity contribution is 7.99. The Labute approximate surface area is 208 Å². The van der Waals surface area contributed by atoms with Crippen LogP contribution in [0.4, 0.5) is 17.1 Å². The van der Waals surface area contributed by atoms with Gasteiger partial charge in [-0.3, -0.25) is 9.69 Å². The summed E-state index contributed by atoms with van der Waals surface area (Å²) in [5, 5.41) is 11.4. The van der Waals surface area contributed by atoms with Crippen molar-refractivity contribution >= 4 is 47.4 Å². The van der Waals surface area contributed by atoms with Crippen molar-refractivity contribution in [3.63, 3.8) is 0 Å². The van der Waals surface area contributed by atoms with E-state index < -0.39 is 5.25 Å². The van der Waals surface area contributed by atoms with E-state index in [0.717, 1.165) is 32.7 Å². The number of carbonyl (C=O) groups is 1. The van der Waals surface area contributed by atoms with E-state index in [1.165, 1.54) is 5.56 Å². The lowest BCUT2D eigenvalue weighted by Gasteiger charge is -2.32. The van der Waals surface area contributed by atoms with Crippen molar-refractivity contribution < 1.29 is 4.79 Å². The Bertz CT molecular complexity index is 1290. The molecule has 2 heterocycles. The number of nitrogens with zero attached hydrogens (tertiary/aromatic N) is 4. The summed E-state index contributed by atoms with van der Waals surface area (Å²) in [4.78, 5) is 17.7. The third-order valence-corrected chi connectivity index (χ3v) is 7.39. The molecule has 1 atom stereocenters. The van der Waals surface area contributed by atoms with E-state index in [4.69, 9.17) is 12.6 Å². The van der Waals surface area contributed by atoms with E-state index in [1.54, 1.807) is 16.7 Å². The largest absolute Gasteiger partial charge is 0.378 e. The second-order valence-corrected chi connectivity index (χ2v) is 9.65. The molecule has 0 saturated heterocycles. The fourth-order valence-corrected chi connectivity index (χ4v) is 5.42. The van der Waals surface area contributed by atoms with E-state index in [9.17, 15) is 4.79 Å². The van der Waals surface area contributed by atoms with Crippen molar-refractivity contribution in [2.75, 3.05) is 10.2 Å². The smallest absolute Gasteiger partial charge is 0.252 e. The summed E-state index contributed by atoms with van der Waals surface area (Å²) in [5.41, 5.74) is 3.94. The van der Waals surface area contributed by atoms with E-state index in [0.29, 0.717) is 18.9 Å². The highest BCUT2D eigenvalue weighted by atomic mass is 32.2. The van der Waals surface area contributed by atoms with Gasteiger partial charge in [-0.2, -0.15) is 12.6 Å². The van der Waals surface area contributed by atoms with Gasteiger partial charge in [-0.25, -0.2) is 0 Å². The first-order valence-electron chi connectivity index (χ1n) is 11.2. The minimum Gasteiger partial charge on any atom is -0.378 e. The Hall–Kier alpha value is -3.23. The summed E-state index contributed by atoms with van der Waals surface area (Å²) in [6.07, 6.45) is 0. The van der Waals surface area contributed by atoms with Crippen molar-refractivity contribution in [2.24, 2.45) is 0 Å². The molecule has 8 heteroatoms. The highest BCUT2D eigenvalue weighted by Gasteiger charge is 2.34. The monoisotopic (exact) mass is 487 g/mol. The summed E-state index contributed by atoms with van der Waals surface area (Å²) < 4.78 is 1.97. The molecule has 0 spiro atoms. The average Bonchev–Trinajstić information content (AvgIpc) is 3.29. The molecule has 0 saturated carbocycles. The number of rotatable bonds is 6. The van der Waals surface area contributed by atoms with Gasteiger partial charge in [0.15, 0.2) is 11.6 Å². The van der Waals surface area contributed by atoms with Crippen LogP contribution in [0.2, 0.25) is 0 Å². The minimum atomic E-state index is -0.759. The molecule has 1 aliphatic rings. The summed E-state index contributed by atoms with van der Waals surface area (Å²) in [7, 11) is 0. The van der Waals surface area contributed by atoms with Crippen molar-refractivity contribution in [2.45, 2.75) is 42.0 Å². The van der Waals surface area contributed by atoms with E-state index in [-0.39, 0.29) is 5.91 Å². The van der Waals surface area contributed by atoms with Gasteiger partial charge in [0.2, 0.25) is 0 Å². The average molecular weight is 488 g/mol. The van der Waals surface area contributed by atoms with Gasteiger partial charge in [0.05, 0.1) is 17.9 Å². The number of hydrogen-bond donors (Lipinski definition) is 2. The van der Waals surface area contributed by atoms with E-state index in [2.05, 4.69) is 34.6 Å². The Morgan fingerprint density at radius 1 is 0.971 bits per heavy atom. The molecular formula is C26H25N5OS2. The molecule has 0 fully saturated rings. The van der Waals surface area contributed by atoms with Gasteiger partial charge in [0.25, 0.3) is 5.91 Å². The summed E-state index contributed by atoms with van der Waals surface area (Å²) in [6, 6.07) is 24.1. The molecule has 0 radical (unpaired) electrons. The number of nitrogens with one attached hydrogen (secondary N) is 1. The van der Waals surface area contributed by atoms with Gasteiger partial charge in [-0.1, -0.05) is 53.7 Å². The van der Waals surface area contributed by atoms with Crippen LogP contribution in [-0.4, -0.2) is 20.7 Å². The predicted octanol–water partition coefficient (Wildman–Crippen LogP) is 6.02. The fourth-order valence-electron chi connectivity index (χ4n) is 4.05. The lowest BCUT2D eigenvalue weighted by atomic mass is 10.2. The maximum absolute atomic E-state index is 13.9. The van der Waals surface area contributed by atoms with Gasteiger partial charge in [-0.15, -0.1) is 10.2 Å². The Balaban J connectivity index is 1.44. The SMILES string of the molecule is CCn1c(CNc2ccc(C)cc2)nnc1C(S)C(=O)N1c2ccccc2Sc2ccccc21. The standard InChI is InChI=1S/C26H25N5OS2/c1-3-30-23(16-27-18-14-12-17(2)13-15-18)28-29-25(30)24(33)26(32)31-19-8-4-6-10-21(19)34-22-11-7-5-9-20(22)31/h4-15,24,27,33H,3,16H2,1-2H3. The zero-order chi connectivity index (χ0) is 23.7. The molecule has 0 aliphatic carbocycles. The zero-order valence-electron chi connectivity index (χ0n) is 19.0. The third-order valence-electron chi connectivity index (χ3n) is 5.81. The third kappa shape index (κ3) is 4.19. The van der Waals surface area contributed by atoms with Crippen LogP contribution in [0.3, 0.4) is 0 Å². The van der Waals surface area contributed by atoms with Gasteiger partial charge in [-0.05, 0) is 50.2 Å². The van der Waals surface area contributed by atoms with E-state index in [1.807, 2.05) is 72.2 Å². The van der Waals surface area contributed by atoms with Gasteiger partial charge in [0.1, 0.15) is 5.25 Å². The first kappa shape index (κ1) is 22.6. The summed E-state index contributed by atoms with van der Waals surface area (Å²) in [5.74, 6) is 1.16. The molecule has 1 aliphatic heterocycles. The second kappa shape index (κ2) is 9.56. The molecule has 6 nitrogen and oxygen atoms in total. The number of aryl methyl sites for hydroxylation is 1. The number of amides is 1. The van der Waals surface area contributed by atoms with Crippen LogP contribution >= 0.6 is 24.4 Å². The molecule has 1 aromatic heterocycles. The molecule has 1 N–H and O–H groups in total. The van der Waals surface area contributed by atoms with Crippen LogP contribution in [0.1, 0.15) is 29.4 Å². The quantitative estimate of drug-likeness (QED) is 0.326. The highest BCUT2D eigenvalue weighted by Crippen LogP contribution is 2.49. The molecule has 3 aromatic carbocycles. The first-order valence-corrected chi connectivity index (χ1v) is 12.5. The lowest BCUT2D eigenvalue weighted by Crippen LogP contribution is -2.32. The number of hydrogen-bond acceptors (Lipinski definition) is 6. The number of aromatic nitrogens is 3. The minimum absolute atomic E-state index is 0.149. The van der Waals surface area contributed by atoms with Crippen LogP contribution < -0.4 is 10.2 Å². The topological polar surface area (TPSA) is 63.1 Å².